The van der Waals surface area contributed by atoms with E-state index < -0.39 is 0 Å². The van der Waals surface area contributed by atoms with E-state index in [1.165, 1.54) is 5.49 Å². The molecule has 0 atom stereocenters. The van der Waals surface area contributed by atoms with E-state index in [-0.39, 0.29) is 0 Å². The first-order valence-corrected chi connectivity index (χ1v) is 6.26. The predicted molar refractivity (Wildman–Crippen MR) is 76.0 cm³/mol. The summed E-state index contributed by atoms with van der Waals surface area (Å²) >= 11 is 4.75. The summed E-state index contributed by atoms with van der Waals surface area (Å²) in [6.07, 6.45) is 2.23. The van der Waals surface area contributed by atoms with Crippen LogP contribution in [0.3, 0.4) is 0 Å². The van der Waals surface area contributed by atoms with Gasteiger partial charge in [0.2, 0.25) is 0 Å². The van der Waals surface area contributed by atoms with Crippen LogP contribution in [0.15, 0.2) is 24.3 Å². The van der Waals surface area contributed by atoms with Crippen LogP contribution in [0.4, 0.5) is 5.82 Å². The molecule has 0 fully saturated rings. The van der Waals surface area contributed by atoms with Crippen LogP contribution in [0.25, 0.3) is 10.9 Å². The maximum atomic E-state index is 5.65. The molecule has 0 saturated heterocycles. The normalized spacial score (nSPS) is 10.4. The highest BCUT2D eigenvalue weighted by molar-refractivity contribution is 7.79. The maximum Gasteiger partial charge on any atom is 0.121 e. The molecule has 0 amide bonds. The van der Waals surface area contributed by atoms with Gasteiger partial charge >= 0.3 is 0 Å². The molecule has 2 aromatic rings. The molecule has 0 saturated carbocycles. The second-order valence-electron chi connectivity index (χ2n) is 3.90. The fourth-order valence-corrected chi connectivity index (χ4v) is 1.80. The Morgan fingerprint density at radius 2 is 2.29 bits per heavy atom. The number of anilines is 1. The van der Waals surface area contributed by atoms with Crippen LogP contribution in [0.5, 0.6) is 5.75 Å². The van der Waals surface area contributed by atoms with Gasteiger partial charge in [0.05, 0.1) is 17.6 Å². The Hall–Kier alpha value is -1.55. The third kappa shape index (κ3) is 2.97. The highest BCUT2D eigenvalue weighted by Crippen LogP contribution is 2.23. The molecule has 1 heterocycles. The lowest BCUT2D eigenvalue weighted by atomic mass is 10.2. The molecule has 1 aromatic heterocycles. The number of aromatic nitrogens is 1. The molecule has 0 aliphatic carbocycles. The number of nitrogens with one attached hydrogen (secondary N) is 2. The van der Waals surface area contributed by atoms with E-state index in [1.807, 2.05) is 24.3 Å². The number of thiocarbonyl (C=S) groups is 1. The lowest BCUT2D eigenvalue weighted by molar-refractivity contribution is 0.310. The van der Waals surface area contributed by atoms with E-state index in [4.69, 9.17) is 17.0 Å². The lowest BCUT2D eigenvalue weighted by Crippen LogP contribution is -1.95. The summed E-state index contributed by atoms with van der Waals surface area (Å²) in [7, 11) is 0. The summed E-state index contributed by atoms with van der Waals surface area (Å²) in [5.41, 5.74) is 2.54. The van der Waals surface area contributed by atoms with Crippen molar-refractivity contribution >= 4 is 34.4 Å². The van der Waals surface area contributed by atoms with Crippen molar-refractivity contribution in [3.63, 3.8) is 0 Å². The van der Waals surface area contributed by atoms with Gasteiger partial charge in [-0.05, 0) is 24.6 Å². The Balaban J connectivity index is 2.15. The van der Waals surface area contributed by atoms with Crippen molar-refractivity contribution in [1.82, 2.24) is 4.98 Å². The molecular weight excluding hydrogens is 232 g/mol. The van der Waals surface area contributed by atoms with Crippen molar-refractivity contribution in [3.8, 4) is 5.75 Å². The average molecular weight is 248 g/mol. The highest BCUT2D eigenvalue weighted by Gasteiger charge is 2.01. The molecule has 0 radical (unpaired) electrons. The minimum Gasteiger partial charge on any atom is -0.494 e. The molecule has 3 nitrogen and oxygen atoms in total. The molecule has 0 bridgehead atoms. The number of fused-ring (bicyclic) bond motifs is 1. The van der Waals surface area contributed by atoms with Crippen molar-refractivity contribution in [2.24, 2.45) is 0 Å². The molecule has 1 aromatic carbocycles. The average Bonchev–Trinajstić information content (AvgIpc) is 2.71. The summed E-state index contributed by atoms with van der Waals surface area (Å²) in [6, 6.07) is 8.07. The fraction of sp³-hybridized carbons (Fsp3) is 0.308. The SMILES string of the molecule is CCCCOc1ccc2cc(NC=S)[nH]c2c1. The highest BCUT2D eigenvalue weighted by atomic mass is 32.1. The topological polar surface area (TPSA) is 37.0 Å². The third-order valence-electron chi connectivity index (χ3n) is 2.57. The van der Waals surface area contributed by atoms with E-state index in [9.17, 15) is 0 Å². The van der Waals surface area contributed by atoms with Crippen LogP contribution in [0.2, 0.25) is 0 Å². The first kappa shape index (κ1) is 11.9. The van der Waals surface area contributed by atoms with E-state index in [2.05, 4.69) is 17.2 Å². The number of rotatable bonds is 6. The van der Waals surface area contributed by atoms with Gasteiger partial charge in [-0.2, -0.15) is 0 Å². The Morgan fingerprint density at radius 1 is 1.41 bits per heavy atom. The van der Waals surface area contributed by atoms with Crippen molar-refractivity contribution in [1.29, 1.82) is 0 Å². The lowest BCUT2D eigenvalue weighted by Gasteiger charge is -2.04. The van der Waals surface area contributed by atoms with Crippen LogP contribution < -0.4 is 10.1 Å². The minimum atomic E-state index is 0.772. The number of benzene rings is 1. The van der Waals surface area contributed by atoms with Crippen LogP contribution in [-0.2, 0) is 0 Å². The molecule has 0 aliphatic rings. The van der Waals surface area contributed by atoms with Gasteiger partial charge < -0.3 is 15.0 Å². The van der Waals surface area contributed by atoms with Crippen LogP contribution in [0.1, 0.15) is 19.8 Å². The molecule has 17 heavy (non-hydrogen) atoms. The van der Waals surface area contributed by atoms with Gasteiger partial charge in [-0.1, -0.05) is 25.6 Å². The zero-order valence-electron chi connectivity index (χ0n) is 9.82. The van der Waals surface area contributed by atoms with E-state index in [1.54, 1.807) is 0 Å². The first-order chi connectivity index (χ1) is 8.33. The van der Waals surface area contributed by atoms with Gasteiger partial charge in [-0.15, -0.1) is 0 Å². The molecule has 4 heteroatoms. The summed E-state index contributed by atoms with van der Waals surface area (Å²) in [5.74, 6) is 1.81. The molecular formula is C13H16N2OS. The number of aromatic amines is 1. The van der Waals surface area contributed by atoms with Gasteiger partial charge in [0.1, 0.15) is 11.6 Å². The molecule has 0 spiro atoms. The molecule has 0 aliphatic heterocycles. The van der Waals surface area contributed by atoms with Gasteiger partial charge in [0.15, 0.2) is 0 Å². The van der Waals surface area contributed by atoms with E-state index in [0.717, 1.165) is 41.9 Å². The monoisotopic (exact) mass is 248 g/mol. The fourth-order valence-electron chi connectivity index (χ4n) is 1.67. The second-order valence-corrected chi connectivity index (χ2v) is 4.13. The van der Waals surface area contributed by atoms with Gasteiger partial charge in [0.25, 0.3) is 0 Å². The van der Waals surface area contributed by atoms with Crippen LogP contribution >= 0.6 is 12.2 Å². The second kappa shape index (κ2) is 5.68. The van der Waals surface area contributed by atoms with E-state index in [0.29, 0.717) is 0 Å². The van der Waals surface area contributed by atoms with Crippen molar-refractivity contribution in [2.45, 2.75) is 19.8 Å². The molecule has 2 N–H and O–H groups in total. The Morgan fingerprint density at radius 3 is 3.06 bits per heavy atom. The van der Waals surface area contributed by atoms with Crippen molar-refractivity contribution in [2.75, 3.05) is 11.9 Å². The third-order valence-corrected chi connectivity index (χ3v) is 2.69. The largest absolute Gasteiger partial charge is 0.494 e. The summed E-state index contributed by atoms with van der Waals surface area (Å²) in [6.45, 7) is 2.93. The number of ether oxygens (including phenoxy) is 1. The summed E-state index contributed by atoms with van der Waals surface area (Å²) < 4.78 is 5.65. The minimum absolute atomic E-state index is 0.772. The smallest absolute Gasteiger partial charge is 0.121 e. The Kier molecular flexibility index (Phi) is 3.98. The summed E-state index contributed by atoms with van der Waals surface area (Å²) in [5, 5.41) is 4.11. The van der Waals surface area contributed by atoms with Gasteiger partial charge in [0, 0.05) is 11.5 Å². The number of H-pyrrole nitrogens is 1. The van der Waals surface area contributed by atoms with Gasteiger partial charge in [-0.25, -0.2) is 0 Å². The zero-order chi connectivity index (χ0) is 12.1. The van der Waals surface area contributed by atoms with Crippen LogP contribution in [-0.4, -0.2) is 17.1 Å². The standard InChI is InChI=1S/C13H16N2OS/c1-2-3-6-16-11-5-4-10-7-13(14-9-17)15-12(10)8-11/h4-5,7-9,15H,2-3,6H2,1H3,(H,14,17). The number of unbranched alkanes of at least 4 members (excludes halogenated alkanes) is 1. The Labute approximate surface area is 106 Å². The number of hydrogen-bond acceptors (Lipinski definition) is 2. The summed E-state index contributed by atoms with van der Waals surface area (Å²) in [4.78, 5) is 3.24. The van der Waals surface area contributed by atoms with Crippen molar-refractivity contribution < 1.29 is 4.74 Å². The predicted octanol–water partition coefficient (Wildman–Crippen LogP) is 3.72. The van der Waals surface area contributed by atoms with Crippen molar-refractivity contribution in [3.05, 3.63) is 24.3 Å². The Bertz CT molecular complexity index is 507. The quantitative estimate of drug-likeness (QED) is 0.604. The maximum absolute atomic E-state index is 5.65. The first-order valence-electron chi connectivity index (χ1n) is 5.79. The van der Waals surface area contributed by atoms with Gasteiger partial charge in [-0.3, -0.25) is 0 Å². The number of hydrogen-bond donors (Lipinski definition) is 2. The molecule has 2 rings (SSSR count). The molecule has 90 valence electrons. The molecule has 0 unspecified atom stereocenters. The van der Waals surface area contributed by atoms with Crippen LogP contribution in [0, 0.1) is 0 Å². The zero-order valence-corrected chi connectivity index (χ0v) is 10.6. The van der Waals surface area contributed by atoms with E-state index >= 15 is 0 Å².